The van der Waals surface area contributed by atoms with E-state index in [1.54, 1.807) is 4.90 Å². The Hall–Kier alpha value is -2.34. The predicted molar refractivity (Wildman–Crippen MR) is 123 cm³/mol. The summed E-state index contributed by atoms with van der Waals surface area (Å²) in [5.74, 6) is -0.296. The molecule has 5 fully saturated rings. The van der Waals surface area contributed by atoms with Crippen LogP contribution in [0.25, 0.3) is 10.2 Å². The van der Waals surface area contributed by atoms with Gasteiger partial charge in [-0.05, 0) is 25.3 Å². The highest BCUT2D eigenvalue weighted by Gasteiger charge is 2.56. The molecule has 12 heteroatoms. The second kappa shape index (κ2) is 7.83. The number of alkyl halides is 6. The van der Waals surface area contributed by atoms with Crippen molar-refractivity contribution in [1.29, 1.82) is 0 Å². The number of pyridine rings is 1. The first-order valence-electron chi connectivity index (χ1n) is 12.7. The highest BCUT2D eigenvalue weighted by Crippen LogP contribution is 2.49. The van der Waals surface area contributed by atoms with Crippen molar-refractivity contribution in [2.75, 3.05) is 31.1 Å². The zero-order valence-electron chi connectivity index (χ0n) is 21.0. The first-order chi connectivity index (χ1) is 17.7. The minimum Gasteiger partial charge on any atom is -0.369 e. The van der Waals surface area contributed by atoms with Crippen molar-refractivity contribution >= 4 is 33.1 Å². The number of amides is 1. The maximum atomic E-state index is 13.9. The van der Waals surface area contributed by atoms with Crippen molar-refractivity contribution < 1.29 is 33.9 Å². The van der Waals surface area contributed by atoms with E-state index in [2.05, 4.69) is 10.3 Å². The van der Waals surface area contributed by atoms with Crippen molar-refractivity contribution in [3.63, 3.8) is 0 Å². The molecule has 0 radical (unpaired) electrons. The van der Waals surface area contributed by atoms with Crippen LogP contribution in [-0.4, -0.2) is 60.2 Å². The lowest BCUT2D eigenvalue weighted by molar-refractivity contribution is -0.150. The smallest absolute Gasteiger partial charge is 0.369 e. The molecule has 7 rings (SSSR count). The molecular formula is C24H24F6N4OS. The number of hydrogen-bond acceptors (Lipinski definition) is 5. The summed E-state index contributed by atoms with van der Waals surface area (Å²) >= 11 is 0.742. The first-order valence-corrected chi connectivity index (χ1v) is 12.6. The number of rotatable bonds is 3. The predicted octanol–water partition coefficient (Wildman–Crippen LogP) is 4.77. The van der Waals surface area contributed by atoms with Crippen LogP contribution in [0.2, 0.25) is 0 Å². The number of aromatic nitrogens is 1. The van der Waals surface area contributed by atoms with E-state index >= 15 is 0 Å². The molecule has 4 aliphatic heterocycles. The van der Waals surface area contributed by atoms with Gasteiger partial charge in [0.1, 0.15) is 4.83 Å². The minimum atomic E-state index is -4.72. The van der Waals surface area contributed by atoms with Gasteiger partial charge in [-0.25, -0.2) is 4.98 Å². The molecule has 194 valence electrons. The minimum absolute atomic E-state index is 0.0619. The summed E-state index contributed by atoms with van der Waals surface area (Å²) < 4.78 is 95.8. The molecule has 36 heavy (non-hydrogen) atoms. The summed E-state index contributed by atoms with van der Waals surface area (Å²) in [6.07, 6.45) is -7.51. The summed E-state index contributed by atoms with van der Waals surface area (Å²) in [6, 6.07) is 0.729. The third-order valence-electron chi connectivity index (χ3n) is 7.82. The zero-order chi connectivity index (χ0) is 27.2. The van der Waals surface area contributed by atoms with Crippen molar-refractivity contribution in [3.8, 4) is 0 Å². The number of nitrogens with one attached hydrogen (secondary N) is 1. The second-order valence-electron chi connectivity index (χ2n) is 10.5. The molecule has 1 unspecified atom stereocenters. The number of likely N-dealkylation sites (tertiary alicyclic amines) is 1. The van der Waals surface area contributed by atoms with Gasteiger partial charge in [-0.2, -0.15) is 26.3 Å². The Morgan fingerprint density at radius 2 is 1.97 bits per heavy atom. The van der Waals surface area contributed by atoms with Gasteiger partial charge in [0.25, 0.3) is 0 Å². The van der Waals surface area contributed by atoms with E-state index in [4.69, 9.17) is 2.74 Å². The monoisotopic (exact) mass is 532 g/mol. The Kier molecular flexibility index (Phi) is 4.72. The highest BCUT2D eigenvalue weighted by molar-refractivity contribution is 7.18. The van der Waals surface area contributed by atoms with Crippen LogP contribution < -0.4 is 10.2 Å². The van der Waals surface area contributed by atoms with Gasteiger partial charge < -0.3 is 15.1 Å². The standard InChI is InChI=1S/C24H24F6N4OS/c1-12-4-13-2-3-15(12)18(32-13)21(35)34-10-22(11-34)8-33(9-22)19-16-5-14(6-23(25,26)27)36-20(16)31-7-17(19)24(28,29)30/h5,7,13,15,18,32H,1-4,6,8-11H2/t13?,15-,18+/m1/s1/i1D2. The lowest BCUT2D eigenvalue weighted by atomic mass is 9.70. The van der Waals surface area contributed by atoms with Gasteiger partial charge in [-0.3, -0.25) is 4.79 Å². The molecule has 6 heterocycles. The summed E-state index contributed by atoms with van der Waals surface area (Å²) in [4.78, 5) is 20.3. The van der Waals surface area contributed by atoms with Crippen LogP contribution in [0.4, 0.5) is 32.0 Å². The molecule has 3 atom stereocenters. The summed E-state index contributed by atoms with van der Waals surface area (Å²) in [7, 11) is 0. The Labute approximate surface area is 209 Å². The molecule has 1 saturated carbocycles. The molecule has 1 amide bonds. The summed E-state index contributed by atoms with van der Waals surface area (Å²) in [6.45, 7) is 1.03. The molecule has 5 nitrogen and oxygen atoms in total. The number of carbonyl (C=O) groups is 1. The second-order valence-corrected chi connectivity index (χ2v) is 11.7. The van der Waals surface area contributed by atoms with E-state index in [0.717, 1.165) is 30.2 Å². The number of carbonyl (C=O) groups excluding carboxylic acids is 1. The van der Waals surface area contributed by atoms with Gasteiger partial charge >= 0.3 is 12.4 Å². The molecule has 4 saturated heterocycles. The topological polar surface area (TPSA) is 48.5 Å². The molecule has 5 aliphatic rings. The van der Waals surface area contributed by atoms with Crippen LogP contribution >= 0.6 is 11.3 Å². The van der Waals surface area contributed by atoms with E-state index in [0.29, 0.717) is 31.3 Å². The van der Waals surface area contributed by atoms with Gasteiger partial charge in [0.2, 0.25) is 5.91 Å². The largest absolute Gasteiger partial charge is 0.419 e. The Morgan fingerprint density at radius 1 is 1.22 bits per heavy atom. The molecule has 1 spiro atoms. The Morgan fingerprint density at radius 3 is 2.61 bits per heavy atom. The normalized spacial score (nSPS) is 28.2. The fraction of sp³-hybridized carbons (Fsp3) is 0.583. The third-order valence-corrected chi connectivity index (χ3v) is 8.86. The molecule has 1 N–H and O–H groups in total. The molecule has 0 aromatic carbocycles. The molecule has 1 aliphatic carbocycles. The summed E-state index contributed by atoms with van der Waals surface area (Å²) in [5.41, 5.74) is -0.805. The quantitative estimate of drug-likeness (QED) is 0.458. The number of anilines is 1. The van der Waals surface area contributed by atoms with Gasteiger partial charge in [0, 0.05) is 60.0 Å². The Balaban J connectivity index is 1.19. The van der Waals surface area contributed by atoms with E-state index in [1.807, 2.05) is 0 Å². The fourth-order valence-electron chi connectivity index (χ4n) is 6.29. The number of piperidine rings is 2. The highest BCUT2D eigenvalue weighted by atomic mass is 32.1. The van der Waals surface area contributed by atoms with Crippen molar-refractivity contribution in [3.05, 3.63) is 34.8 Å². The van der Waals surface area contributed by atoms with Gasteiger partial charge in [-0.15, -0.1) is 11.3 Å². The SMILES string of the molecule is [2H]C([2H])=C1CC2CC[C@H]1[C@@H](C(=O)N1CC3(C1)CN(c1c(C(F)(F)F)cnc4sc(CC(F)(F)F)cc14)C3)N2. The van der Waals surface area contributed by atoms with Crippen LogP contribution in [0.1, 0.15) is 32.4 Å². The third kappa shape index (κ3) is 3.96. The van der Waals surface area contributed by atoms with Gasteiger partial charge in [-0.1, -0.05) is 12.1 Å². The van der Waals surface area contributed by atoms with E-state index in [9.17, 15) is 31.1 Å². The van der Waals surface area contributed by atoms with Crippen LogP contribution in [0.15, 0.2) is 24.4 Å². The molecular weight excluding hydrogens is 506 g/mol. The van der Waals surface area contributed by atoms with Crippen molar-refractivity contribution in [2.45, 2.75) is 50.1 Å². The van der Waals surface area contributed by atoms with Crippen molar-refractivity contribution in [2.24, 2.45) is 11.3 Å². The maximum absolute atomic E-state index is 13.9. The number of halogens is 6. The average Bonchev–Trinajstić information content (AvgIpc) is 3.17. The number of hydrogen-bond donors (Lipinski definition) is 1. The van der Waals surface area contributed by atoms with Crippen molar-refractivity contribution in [1.82, 2.24) is 15.2 Å². The van der Waals surface area contributed by atoms with Crippen LogP contribution in [0.3, 0.4) is 0 Å². The lowest BCUT2D eigenvalue weighted by Crippen LogP contribution is -2.75. The molecule has 2 aromatic heterocycles. The van der Waals surface area contributed by atoms with Crippen LogP contribution in [0, 0.1) is 11.3 Å². The average molecular weight is 533 g/mol. The first kappa shape index (κ1) is 21.7. The number of nitrogens with zero attached hydrogens (tertiary/aromatic N) is 3. The van der Waals surface area contributed by atoms with E-state index < -0.39 is 30.4 Å². The fourth-order valence-corrected chi connectivity index (χ4v) is 7.33. The zero-order valence-corrected chi connectivity index (χ0v) is 19.8. The number of thiophene rings is 1. The van der Waals surface area contributed by atoms with E-state index in [1.165, 1.54) is 4.90 Å². The van der Waals surface area contributed by atoms with Crippen LogP contribution in [0.5, 0.6) is 0 Å². The van der Waals surface area contributed by atoms with Gasteiger partial charge in [0.05, 0.1) is 26.5 Å². The number of fused-ring (bicyclic) bond motifs is 4. The Bertz CT molecular complexity index is 1320. The molecule has 2 bridgehead atoms. The lowest BCUT2D eigenvalue weighted by Gasteiger charge is -2.62. The van der Waals surface area contributed by atoms with Crippen LogP contribution in [-0.2, 0) is 17.4 Å². The maximum Gasteiger partial charge on any atom is 0.419 e. The molecule has 2 aromatic rings. The summed E-state index contributed by atoms with van der Waals surface area (Å²) in [5, 5.41) is 3.40. The van der Waals surface area contributed by atoms with E-state index in [-0.39, 0.29) is 63.7 Å². The van der Waals surface area contributed by atoms with Gasteiger partial charge in [0.15, 0.2) is 0 Å².